The highest BCUT2D eigenvalue weighted by molar-refractivity contribution is 6.05. The lowest BCUT2D eigenvalue weighted by atomic mass is 9.79. The Morgan fingerprint density at radius 3 is 2.33 bits per heavy atom. The van der Waals surface area contributed by atoms with Crippen LogP contribution in [0.1, 0.15) is 41.3 Å². The van der Waals surface area contributed by atoms with Crippen molar-refractivity contribution in [2.45, 2.75) is 32.7 Å². The first-order valence-electron chi connectivity index (χ1n) is 11.9. The van der Waals surface area contributed by atoms with Crippen LogP contribution >= 0.6 is 0 Å². The molecule has 4 rings (SSSR count). The Kier molecular flexibility index (Phi) is 7.29. The molecule has 0 bridgehead atoms. The van der Waals surface area contributed by atoms with Crippen molar-refractivity contribution in [1.29, 1.82) is 5.41 Å². The molecule has 0 aliphatic carbocycles. The third-order valence-electron chi connectivity index (χ3n) is 6.25. The Morgan fingerprint density at radius 1 is 1.03 bits per heavy atom. The second kappa shape index (κ2) is 10.6. The number of carbonyl (C=O) groups excluding carboxylic acids is 2. The van der Waals surface area contributed by atoms with Crippen LogP contribution in [0.15, 0.2) is 90.3 Å². The topological polar surface area (TPSA) is 85.3 Å². The molecule has 0 spiro atoms. The Hall–Kier alpha value is -4.26. The van der Waals surface area contributed by atoms with Crippen molar-refractivity contribution in [3.8, 4) is 0 Å². The highest BCUT2D eigenvalue weighted by Crippen LogP contribution is 2.38. The molecule has 0 saturated heterocycles. The summed E-state index contributed by atoms with van der Waals surface area (Å²) in [4.78, 5) is 28.7. The minimum atomic E-state index is -0.986. The molecule has 6 nitrogen and oxygen atoms in total. The fourth-order valence-corrected chi connectivity index (χ4v) is 4.58. The van der Waals surface area contributed by atoms with Crippen molar-refractivity contribution in [3.63, 3.8) is 0 Å². The Balaban J connectivity index is 1.87. The van der Waals surface area contributed by atoms with Gasteiger partial charge in [0.25, 0.3) is 11.8 Å². The number of hydrogen-bond donors (Lipinski definition) is 3. The summed E-state index contributed by atoms with van der Waals surface area (Å²) in [5.41, 5.74) is 3.55. The van der Waals surface area contributed by atoms with Crippen LogP contribution in [0.4, 0.5) is 10.1 Å². The van der Waals surface area contributed by atoms with Crippen molar-refractivity contribution < 1.29 is 14.0 Å². The van der Waals surface area contributed by atoms with E-state index in [1.165, 1.54) is 12.1 Å². The third-order valence-corrected chi connectivity index (χ3v) is 6.25. The van der Waals surface area contributed by atoms with Gasteiger partial charge in [-0.1, -0.05) is 48.0 Å². The number of amides is 2. The molecular weight excluding hydrogens is 455 g/mol. The van der Waals surface area contributed by atoms with Gasteiger partial charge in [-0.2, -0.15) is 0 Å². The van der Waals surface area contributed by atoms with Gasteiger partial charge < -0.3 is 16.0 Å². The van der Waals surface area contributed by atoms with Crippen molar-refractivity contribution in [2.24, 2.45) is 0 Å². The maximum Gasteiger partial charge on any atom is 0.251 e. The molecule has 0 aromatic heterocycles. The molecular formula is C29H29FN4O2. The summed E-state index contributed by atoms with van der Waals surface area (Å²) in [5, 5.41) is 14.9. The molecule has 184 valence electrons. The number of carbonyl (C=O) groups is 2. The number of para-hydroxylation sites is 1. The molecule has 3 N–H and O–H groups in total. The number of halogens is 1. The van der Waals surface area contributed by atoms with Crippen LogP contribution in [0.3, 0.4) is 0 Å². The molecule has 1 heterocycles. The van der Waals surface area contributed by atoms with Crippen molar-refractivity contribution >= 4 is 23.2 Å². The average molecular weight is 485 g/mol. The van der Waals surface area contributed by atoms with Crippen molar-refractivity contribution in [2.75, 3.05) is 11.9 Å². The third kappa shape index (κ3) is 5.05. The molecule has 0 saturated carbocycles. The van der Waals surface area contributed by atoms with E-state index in [4.69, 9.17) is 5.41 Å². The molecule has 1 aliphatic rings. The molecule has 2 amide bonds. The van der Waals surface area contributed by atoms with E-state index in [2.05, 4.69) is 10.6 Å². The number of nitrogens with one attached hydrogen (secondary N) is 3. The van der Waals surface area contributed by atoms with Crippen LogP contribution in [0, 0.1) is 18.2 Å². The fourth-order valence-electron chi connectivity index (χ4n) is 4.58. The number of benzene rings is 3. The van der Waals surface area contributed by atoms with E-state index in [-0.39, 0.29) is 17.5 Å². The Bertz CT molecular complexity index is 1320. The number of rotatable bonds is 7. The largest absolute Gasteiger partial charge is 0.341 e. The van der Waals surface area contributed by atoms with Gasteiger partial charge in [0.05, 0.1) is 0 Å². The fraction of sp³-hybridized carbons (Fsp3) is 0.207. The molecule has 0 radical (unpaired) electrons. The minimum Gasteiger partial charge on any atom is -0.341 e. The monoisotopic (exact) mass is 484 g/mol. The van der Waals surface area contributed by atoms with E-state index in [1.807, 2.05) is 50.2 Å². The summed E-state index contributed by atoms with van der Waals surface area (Å²) in [5.74, 6) is -1.32. The van der Waals surface area contributed by atoms with Crippen LogP contribution in [-0.4, -0.2) is 35.0 Å². The summed E-state index contributed by atoms with van der Waals surface area (Å²) in [6.07, 6.45) is 0. The first-order valence-corrected chi connectivity index (χ1v) is 11.9. The number of nitrogens with zero attached hydrogens (tertiary/aromatic N) is 1. The lowest BCUT2D eigenvalue weighted by Gasteiger charge is -2.41. The highest BCUT2D eigenvalue weighted by Gasteiger charge is 2.44. The van der Waals surface area contributed by atoms with Gasteiger partial charge in [-0.3, -0.25) is 14.5 Å². The summed E-state index contributed by atoms with van der Waals surface area (Å²) < 4.78 is 13.8. The van der Waals surface area contributed by atoms with Crippen LogP contribution in [-0.2, 0) is 4.79 Å². The first kappa shape index (κ1) is 24.9. The van der Waals surface area contributed by atoms with Gasteiger partial charge in [0.2, 0.25) is 0 Å². The predicted molar refractivity (Wildman–Crippen MR) is 139 cm³/mol. The summed E-state index contributed by atoms with van der Waals surface area (Å²) >= 11 is 0. The van der Waals surface area contributed by atoms with Gasteiger partial charge in [-0.15, -0.1) is 0 Å². The van der Waals surface area contributed by atoms with Gasteiger partial charge >= 0.3 is 0 Å². The molecule has 7 heteroatoms. The lowest BCUT2D eigenvalue weighted by molar-refractivity contribution is -0.132. The smallest absolute Gasteiger partial charge is 0.251 e. The number of hydrogen-bond acceptors (Lipinski definition) is 4. The van der Waals surface area contributed by atoms with Crippen LogP contribution in [0.25, 0.3) is 0 Å². The van der Waals surface area contributed by atoms with Gasteiger partial charge in [0, 0.05) is 35.0 Å². The molecule has 2 atom stereocenters. The zero-order valence-electron chi connectivity index (χ0n) is 20.5. The first-order chi connectivity index (χ1) is 17.3. The highest BCUT2D eigenvalue weighted by atomic mass is 19.1. The molecule has 3 aromatic rings. The standard InChI is InChI=1S/C29H29FN4O2/c1-4-34-27(32-23-11-6-5-7-12-23)24(19(3)31)25(20-13-15-22(30)16-14-20)26(29(34)36)33-28(35)21-10-8-9-18(2)17-21/h5-17,25-26,31-32H,4H2,1-3H3,(H,33,35). The van der Waals surface area contributed by atoms with E-state index < -0.39 is 17.8 Å². The molecule has 1 aliphatic heterocycles. The van der Waals surface area contributed by atoms with Gasteiger partial charge in [-0.05, 0) is 62.7 Å². The van der Waals surface area contributed by atoms with Crippen LogP contribution in [0.2, 0.25) is 0 Å². The Labute approximate surface area is 210 Å². The quantitative estimate of drug-likeness (QED) is 0.401. The van der Waals surface area contributed by atoms with Crippen LogP contribution < -0.4 is 10.6 Å². The minimum absolute atomic E-state index is 0.239. The van der Waals surface area contributed by atoms with E-state index >= 15 is 0 Å². The molecule has 3 aromatic carbocycles. The second-order valence-electron chi connectivity index (χ2n) is 8.81. The summed E-state index contributed by atoms with van der Waals surface area (Å²) in [6, 6.07) is 21.4. The normalized spacial score (nSPS) is 17.7. The zero-order valence-corrected chi connectivity index (χ0v) is 20.5. The van der Waals surface area contributed by atoms with Gasteiger partial charge in [0.1, 0.15) is 17.7 Å². The average Bonchev–Trinajstić information content (AvgIpc) is 2.86. The van der Waals surface area contributed by atoms with Crippen LogP contribution in [0.5, 0.6) is 0 Å². The van der Waals surface area contributed by atoms with E-state index in [1.54, 1.807) is 42.2 Å². The zero-order chi connectivity index (χ0) is 25.8. The molecule has 2 unspecified atom stereocenters. The van der Waals surface area contributed by atoms with Crippen molar-refractivity contribution in [1.82, 2.24) is 10.2 Å². The maximum atomic E-state index is 13.9. The van der Waals surface area contributed by atoms with E-state index in [0.717, 1.165) is 11.3 Å². The van der Waals surface area contributed by atoms with Gasteiger partial charge in [-0.25, -0.2) is 4.39 Å². The predicted octanol–water partition coefficient (Wildman–Crippen LogP) is 5.24. The van der Waals surface area contributed by atoms with Gasteiger partial charge in [0.15, 0.2) is 0 Å². The number of aryl methyl sites for hydroxylation is 1. The summed E-state index contributed by atoms with van der Waals surface area (Å²) in [7, 11) is 0. The lowest BCUT2D eigenvalue weighted by Crippen LogP contribution is -2.56. The number of anilines is 1. The second-order valence-corrected chi connectivity index (χ2v) is 8.81. The SMILES string of the molecule is CCN1C(=O)C(NC(=O)c2cccc(C)c2)C(c2ccc(F)cc2)C(C(C)=N)=C1Nc1ccccc1. The molecule has 0 fully saturated rings. The molecule has 36 heavy (non-hydrogen) atoms. The maximum absolute atomic E-state index is 13.9. The van der Waals surface area contributed by atoms with E-state index in [9.17, 15) is 14.0 Å². The Morgan fingerprint density at radius 2 is 1.72 bits per heavy atom. The van der Waals surface area contributed by atoms with E-state index in [0.29, 0.717) is 29.1 Å². The summed E-state index contributed by atoms with van der Waals surface area (Å²) in [6.45, 7) is 5.72. The number of likely N-dealkylation sites (N-methyl/N-ethyl adjacent to an activating group) is 1. The van der Waals surface area contributed by atoms with Crippen molar-refractivity contribution in [3.05, 3.63) is 113 Å².